The molecule has 1 amide bonds. The second-order valence-electron chi connectivity index (χ2n) is 6.83. The summed E-state index contributed by atoms with van der Waals surface area (Å²) < 4.78 is 7.58. The topological polar surface area (TPSA) is 80.6 Å². The fourth-order valence-corrected chi connectivity index (χ4v) is 3.53. The van der Waals surface area contributed by atoms with Gasteiger partial charge in [0.1, 0.15) is 5.75 Å². The van der Waals surface area contributed by atoms with Gasteiger partial charge in [0.15, 0.2) is 0 Å². The molecule has 0 unspecified atom stereocenters. The van der Waals surface area contributed by atoms with Crippen molar-refractivity contribution in [3.05, 3.63) is 74.1 Å². The molecule has 0 saturated carbocycles. The number of nitrogens with zero attached hydrogens (tertiary/aromatic N) is 1. The Kier molecular flexibility index (Phi) is 7.24. The maximum atomic E-state index is 13.4. The van der Waals surface area contributed by atoms with Crippen LogP contribution in [-0.4, -0.2) is 22.4 Å². The number of aromatic nitrogens is 1. The van der Waals surface area contributed by atoms with E-state index in [1.54, 1.807) is 6.07 Å². The summed E-state index contributed by atoms with van der Waals surface area (Å²) in [6, 6.07) is 12.6. The van der Waals surface area contributed by atoms with Crippen molar-refractivity contribution in [1.82, 2.24) is 9.88 Å². The number of amides is 1. The highest BCUT2D eigenvalue weighted by Crippen LogP contribution is 2.34. The summed E-state index contributed by atoms with van der Waals surface area (Å²) >= 11 is 12.4. The highest BCUT2D eigenvalue weighted by Gasteiger charge is 2.20. The Bertz CT molecular complexity index is 1110. The van der Waals surface area contributed by atoms with Crippen LogP contribution in [0.5, 0.6) is 5.75 Å². The van der Waals surface area contributed by atoms with Gasteiger partial charge in [0.05, 0.1) is 40.8 Å². The average molecular weight is 449 g/mol. The van der Waals surface area contributed by atoms with Crippen molar-refractivity contribution in [3.63, 3.8) is 0 Å². The Labute approximate surface area is 184 Å². The van der Waals surface area contributed by atoms with Crippen molar-refractivity contribution in [3.8, 4) is 5.75 Å². The minimum atomic E-state index is -1.19. The number of unbranched alkanes of at least 4 members (excludes halogenated alkanes) is 1. The molecule has 0 aliphatic rings. The molecule has 3 rings (SSSR count). The van der Waals surface area contributed by atoms with Crippen LogP contribution in [-0.2, 0) is 13.1 Å². The van der Waals surface area contributed by atoms with Gasteiger partial charge in [-0.05, 0) is 24.1 Å². The summed E-state index contributed by atoms with van der Waals surface area (Å²) in [5, 5.41) is 12.9. The number of benzene rings is 2. The number of halogens is 2. The van der Waals surface area contributed by atoms with E-state index in [4.69, 9.17) is 33.0 Å². The molecule has 0 fully saturated rings. The first-order valence-electron chi connectivity index (χ1n) is 9.60. The summed E-state index contributed by atoms with van der Waals surface area (Å²) in [5.74, 6) is 0.432. The lowest BCUT2D eigenvalue weighted by Crippen LogP contribution is -2.30. The predicted molar refractivity (Wildman–Crippen MR) is 119 cm³/mol. The van der Waals surface area contributed by atoms with Crippen molar-refractivity contribution < 1.29 is 14.6 Å². The number of carbonyl (C=O) groups is 1. The van der Waals surface area contributed by atoms with E-state index in [1.165, 1.54) is 10.6 Å². The lowest BCUT2D eigenvalue weighted by Gasteiger charge is -2.20. The van der Waals surface area contributed by atoms with Crippen LogP contribution in [0.2, 0.25) is 10.0 Å². The Hall–Kier alpha value is -2.70. The first kappa shape index (κ1) is 22.0. The van der Waals surface area contributed by atoms with Crippen LogP contribution in [0.15, 0.2) is 47.3 Å². The molecule has 0 aliphatic carbocycles. The fourth-order valence-electron chi connectivity index (χ4n) is 3.21. The monoisotopic (exact) mass is 448 g/mol. The molecule has 158 valence electrons. The maximum Gasteiger partial charge on any atom is 0.404 e. The first-order valence-corrected chi connectivity index (χ1v) is 10.4. The second-order valence-corrected chi connectivity index (χ2v) is 7.64. The Balaban J connectivity index is 2.27. The van der Waals surface area contributed by atoms with Crippen molar-refractivity contribution in [2.45, 2.75) is 32.9 Å². The molecule has 2 aromatic carbocycles. The molecule has 0 aliphatic heterocycles. The number of rotatable bonds is 8. The third kappa shape index (κ3) is 4.89. The van der Waals surface area contributed by atoms with Gasteiger partial charge < -0.3 is 19.7 Å². The van der Waals surface area contributed by atoms with Gasteiger partial charge in [-0.25, -0.2) is 4.79 Å². The molecule has 6 nitrogen and oxygen atoms in total. The van der Waals surface area contributed by atoms with Crippen molar-refractivity contribution in [2.75, 3.05) is 6.61 Å². The molecule has 8 heteroatoms. The van der Waals surface area contributed by atoms with Crippen molar-refractivity contribution >= 4 is 40.1 Å². The minimum absolute atomic E-state index is 0.0882. The van der Waals surface area contributed by atoms with Crippen LogP contribution >= 0.6 is 23.2 Å². The van der Waals surface area contributed by atoms with Gasteiger partial charge in [0, 0.05) is 5.39 Å². The van der Waals surface area contributed by atoms with E-state index < -0.39 is 6.09 Å². The smallest absolute Gasteiger partial charge is 0.404 e. The average Bonchev–Trinajstić information content (AvgIpc) is 2.72. The van der Waals surface area contributed by atoms with Gasteiger partial charge in [-0.3, -0.25) is 4.79 Å². The number of carboxylic acid groups (broad SMARTS) is 1. The normalized spacial score (nSPS) is 10.9. The number of hydrogen-bond donors (Lipinski definition) is 2. The molecular formula is C22H22Cl2N2O4. The molecule has 0 radical (unpaired) electrons. The quantitative estimate of drug-likeness (QED) is 0.457. The Morgan fingerprint density at radius 1 is 1.13 bits per heavy atom. The van der Waals surface area contributed by atoms with E-state index in [1.807, 2.05) is 37.3 Å². The largest absolute Gasteiger partial charge is 0.491 e. The maximum absolute atomic E-state index is 13.4. The van der Waals surface area contributed by atoms with Gasteiger partial charge in [-0.2, -0.15) is 0 Å². The third-order valence-corrected chi connectivity index (χ3v) is 5.43. The number of pyridine rings is 1. The number of nitrogens with one attached hydrogen (secondary N) is 1. The van der Waals surface area contributed by atoms with Crippen LogP contribution < -0.4 is 15.6 Å². The predicted octanol–water partition coefficient (Wildman–Crippen LogP) is 5.30. The number of ether oxygens (including phenoxy) is 1. The number of fused-ring (bicyclic) bond motifs is 1. The minimum Gasteiger partial charge on any atom is -0.491 e. The van der Waals surface area contributed by atoms with Crippen LogP contribution in [0.25, 0.3) is 10.8 Å². The lowest BCUT2D eigenvalue weighted by molar-refractivity contribution is 0.193. The lowest BCUT2D eigenvalue weighted by atomic mass is 10.1. The van der Waals surface area contributed by atoms with Gasteiger partial charge in [0.25, 0.3) is 5.56 Å². The molecule has 0 spiro atoms. The molecule has 0 bridgehead atoms. The summed E-state index contributed by atoms with van der Waals surface area (Å²) in [7, 11) is 0. The van der Waals surface area contributed by atoms with Gasteiger partial charge in [0.2, 0.25) is 0 Å². The number of hydrogen-bond acceptors (Lipinski definition) is 3. The van der Waals surface area contributed by atoms with Crippen molar-refractivity contribution in [2.24, 2.45) is 0 Å². The molecule has 1 heterocycles. The van der Waals surface area contributed by atoms with Crippen molar-refractivity contribution in [1.29, 1.82) is 0 Å². The van der Waals surface area contributed by atoms with Gasteiger partial charge in [-0.15, -0.1) is 0 Å². The SMILES string of the molecule is CCCCOc1c(CNC(=O)O)n(Cc2ccccc2)c(=O)c2cc(Cl)c(Cl)cc12. The second kappa shape index (κ2) is 9.87. The van der Waals surface area contributed by atoms with Crippen LogP contribution in [0.4, 0.5) is 4.79 Å². The standard InChI is InChI=1S/C22H22Cl2N2O4/c1-2-3-9-30-20-15-10-17(23)18(24)11-16(15)21(27)26(19(20)12-25-22(28)29)13-14-7-5-4-6-8-14/h4-8,10-11,25H,2-3,9,12-13H2,1H3,(H,28,29). The summed E-state index contributed by atoms with van der Waals surface area (Å²) in [6.45, 7) is 2.64. The Morgan fingerprint density at radius 2 is 1.80 bits per heavy atom. The zero-order valence-electron chi connectivity index (χ0n) is 16.5. The summed E-state index contributed by atoms with van der Waals surface area (Å²) in [4.78, 5) is 24.6. The van der Waals surface area contributed by atoms with E-state index in [2.05, 4.69) is 5.32 Å². The van der Waals surface area contributed by atoms with Crippen LogP contribution in [0.3, 0.4) is 0 Å². The summed E-state index contributed by atoms with van der Waals surface area (Å²) in [5.41, 5.74) is 1.04. The van der Waals surface area contributed by atoms with E-state index in [0.29, 0.717) is 33.8 Å². The van der Waals surface area contributed by atoms with E-state index in [9.17, 15) is 9.59 Å². The first-order chi connectivity index (χ1) is 14.4. The third-order valence-electron chi connectivity index (χ3n) is 4.70. The molecule has 1 aromatic heterocycles. The van der Waals surface area contributed by atoms with E-state index >= 15 is 0 Å². The van der Waals surface area contributed by atoms with Crippen LogP contribution in [0, 0.1) is 0 Å². The highest BCUT2D eigenvalue weighted by molar-refractivity contribution is 6.42. The molecule has 30 heavy (non-hydrogen) atoms. The Morgan fingerprint density at radius 3 is 2.43 bits per heavy atom. The highest BCUT2D eigenvalue weighted by atomic mass is 35.5. The van der Waals surface area contributed by atoms with Crippen LogP contribution in [0.1, 0.15) is 31.0 Å². The summed E-state index contributed by atoms with van der Waals surface area (Å²) in [6.07, 6.45) is 0.547. The van der Waals surface area contributed by atoms with E-state index in [0.717, 1.165) is 18.4 Å². The zero-order chi connectivity index (χ0) is 21.7. The van der Waals surface area contributed by atoms with Gasteiger partial charge >= 0.3 is 6.09 Å². The molecular weight excluding hydrogens is 427 g/mol. The molecule has 3 aromatic rings. The zero-order valence-corrected chi connectivity index (χ0v) is 18.0. The molecule has 0 saturated heterocycles. The molecule has 2 N–H and O–H groups in total. The molecule has 0 atom stereocenters. The van der Waals surface area contributed by atoms with Gasteiger partial charge in [-0.1, -0.05) is 66.9 Å². The van der Waals surface area contributed by atoms with E-state index in [-0.39, 0.29) is 23.7 Å². The fraction of sp³-hybridized carbons (Fsp3) is 0.273.